The van der Waals surface area contributed by atoms with Crippen LogP contribution in [0.2, 0.25) is 0 Å². The number of nitrogens with one attached hydrogen (secondary N) is 1. The zero-order valence-corrected chi connectivity index (χ0v) is 19.5. The lowest BCUT2D eigenvalue weighted by Gasteiger charge is -2.48. The maximum Gasteiger partial charge on any atom is 0.246 e. The summed E-state index contributed by atoms with van der Waals surface area (Å²) in [5, 5.41) is 1.10. The van der Waals surface area contributed by atoms with Crippen molar-refractivity contribution in [1.29, 1.82) is 0 Å². The molecule has 1 aliphatic carbocycles. The first-order chi connectivity index (χ1) is 16.6. The highest BCUT2D eigenvalue weighted by atomic mass is 16.5. The summed E-state index contributed by atoms with van der Waals surface area (Å²) in [6, 6.07) is 13.0. The molecule has 1 saturated heterocycles. The average molecular weight is 460 g/mol. The predicted octanol–water partition coefficient (Wildman–Crippen LogP) is 3.81. The Morgan fingerprint density at radius 2 is 1.76 bits per heavy atom. The average Bonchev–Trinajstić information content (AvgIpc) is 3.52. The van der Waals surface area contributed by atoms with Gasteiger partial charge in [0.2, 0.25) is 11.8 Å². The van der Waals surface area contributed by atoms with Crippen molar-refractivity contribution < 1.29 is 19.1 Å². The number of aromatic amines is 1. The molecular weight excluding hydrogens is 430 g/mol. The van der Waals surface area contributed by atoms with Crippen LogP contribution in [0.1, 0.15) is 48.5 Å². The molecule has 0 unspecified atom stereocenters. The molecule has 2 aliphatic heterocycles. The Hall–Kier alpha value is -3.48. The van der Waals surface area contributed by atoms with E-state index in [1.165, 1.54) is 0 Å². The number of amides is 2. The second-order valence-electron chi connectivity index (χ2n) is 9.47. The number of nitrogens with zero attached hydrogens (tertiary/aromatic N) is 2. The van der Waals surface area contributed by atoms with Gasteiger partial charge in [-0.15, -0.1) is 0 Å². The van der Waals surface area contributed by atoms with Gasteiger partial charge in [0.25, 0.3) is 0 Å². The first-order valence-corrected chi connectivity index (χ1v) is 12.0. The standard InChI is InChI=1S/C27H29N3O4/c1-33-22-13-7-11-18(26(22)34-2)25-24-19(17-10-5-6-12-20(17)28-24)14-21-27(32)29(15-23(31)30(21)25)16-8-3-4-9-16/h5-7,10-13,16,21,25,28H,3-4,8-9,14-15H2,1-2H3/t21-,25-/m0/s1. The van der Waals surface area contributed by atoms with E-state index in [1.807, 2.05) is 41.3 Å². The number of para-hydroxylation sites is 2. The number of methoxy groups -OCH3 is 2. The quantitative estimate of drug-likeness (QED) is 0.644. The number of aromatic nitrogens is 1. The summed E-state index contributed by atoms with van der Waals surface area (Å²) in [4.78, 5) is 34.9. The molecule has 2 atom stereocenters. The van der Waals surface area contributed by atoms with Crippen molar-refractivity contribution in [2.24, 2.45) is 0 Å². The largest absolute Gasteiger partial charge is 0.493 e. The monoisotopic (exact) mass is 459 g/mol. The summed E-state index contributed by atoms with van der Waals surface area (Å²) in [5.74, 6) is 1.23. The van der Waals surface area contributed by atoms with Crippen LogP contribution < -0.4 is 9.47 Å². The van der Waals surface area contributed by atoms with Crippen LogP contribution >= 0.6 is 0 Å². The van der Waals surface area contributed by atoms with Crippen molar-refractivity contribution in [3.05, 3.63) is 59.3 Å². The number of carbonyl (C=O) groups is 2. The highest BCUT2D eigenvalue weighted by Gasteiger charge is 2.50. The molecule has 1 N–H and O–H groups in total. The maximum absolute atomic E-state index is 13.9. The number of rotatable bonds is 4. The van der Waals surface area contributed by atoms with E-state index in [2.05, 4.69) is 11.1 Å². The summed E-state index contributed by atoms with van der Waals surface area (Å²) in [7, 11) is 3.22. The number of hydrogen-bond acceptors (Lipinski definition) is 4. The topological polar surface area (TPSA) is 74.9 Å². The molecule has 176 valence electrons. The normalized spacial score (nSPS) is 22.8. The summed E-state index contributed by atoms with van der Waals surface area (Å²) < 4.78 is 11.4. The van der Waals surface area contributed by atoms with E-state index in [9.17, 15) is 9.59 Å². The smallest absolute Gasteiger partial charge is 0.246 e. The molecular formula is C27H29N3O4. The summed E-state index contributed by atoms with van der Waals surface area (Å²) in [6.45, 7) is 0.137. The van der Waals surface area contributed by atoms with Crippen molar-refractivity contribution in [2.75, 3.05) is 20.8 Å². The number of hydrogen-bond donors (Lipinski definition) is 1. The van der Waals surface area contributed by atoms with E-state index in [4.69, 9.17) is 9.47 Å². The fraction of sp³-hybridized carbons (Fsp3) is 0.407. The molecule has 7 nitrogen and oxygen atoms in total. The zero-order valence-electron chi connectivity index (χ0n) is 19.5. The minimum absolute atomic E-state index is 0.0179. The fourth-order valence-corrected chi connectivity index (χ4v) is 6.26. The number of H-pyrrole nitrogens is 1. The lowest BCUT2D eigenvalue weighted by molar-refractivity contribution is -0.160. The molecule has 2 fully saturated rings. The number of piperazine rings is 1. The number of carbonyl (C=O) groups excluding carboxylic acids is 2. The van der Waals surface area contributed by atoms with Crippen molar-refractivity contribution in [2.45, 2.75) is 50.2 Å². The number of benzene rings is 2. The molecule has 0 radical (unpaired) electrons. The Morgan fingerprint density at radius 1 is 0.971 bits per heavy atom. The molecule has 34 heavy (non-hydrogen) atoms. The molecule has 2 amide bonds. The van der Waals surface area contributed by atoms with Gasteiger partial charge in [-0.3, -0.25) is 9.59 Å². The van der Waals surface area contributed by atoms with Gasteiger partial charge in [-0.1, -0.05) is 43.2 Å². The van der Waals surface area contributed by atoms with Crippen LogP contribution in [-0.2, 0) is 16.0 Å². The Morgan fingerprint density at radius 3 is 2.53 bits per heavy atom. The van der Waals surface area contributed by atoms with E-state index in [0.29, 0.717) is 17.9 Å². The fourth-order valence-electron chi connectivity index (χ4n) is 6.26. The first-order valence-electron chi connectivity index (χ1n) is 12.0. The Balaban J connectivity index is 1.55. The molecule has 3 heterocycles. The van der Waals surface area contributed by atoms with E-state index in [1.54, 1.807) is 19.1 Å². The van der Waals surface area contributed by atoms with Gasteiger partial charge in [0.15, 0.2) is 11.5 Å². The lowest BCUT2D eigenvalue weighted by atomic mass is 9.85. The molecule has 1 aromatic heterocycles. The highest BCUT2D eigenvalue weighted by molar-refractivity contribution is 5.98. The molecule has 1 saturated carbocycles. The van der Waals surface area contributed by atoms with Crippen LogP contribution in [-0.4, -0.2) is 59.4 Å². The van der Waals surface area contributed by atoms with Gasteiger partial charge in [0, 0.05) is 34.6 Å². The van der Waals surface area contributed by atoms with Crippen molar-refractivity contribution >= 4 is 22.7 Å². The van der Waals surface area contributed by atoms with Gasteiger partial charge in [0.1, 0.15) is 18.6 Å². The Kier molecular flexibility index (Phi) is 5.01. The maximum atomic E-state index is 13.9. The van der Waals surface area contributed by atoms with Crippen molar-refractivity contribution in [3.8, 4) is 11.5 Å². The minimum Gasteiger partial charge on any atom is -0.493 e. The van der Waals surface area contributed by atoms with Crippen molar-refractivity contribution in [1.82, 2.24) is 14.8 Å². The van der Waals surface area contributed by atoms with Crippen LogP contribution in [0.4, 0.5) is 0 Å². The van der Waals surface area contributed by atoms with Crippen LogP contribution in [0, 0.1) is 0 Å². The Bertz CT molecular complexity index is 1280. The van der Waals surface area contributed by atoms with Gasteiger partial charge in [-0.2, -0.15) is 0 Å². The summed E-state index contributed by atoms with van der Waals surface area (Å²) in [5.41, 5.74) is 3.86. The molecule has 0 spiro atoms. The zero-order chi connectivity index (χ0) is 23.4. The highest BCUT2D eigenvalue weighted by Crippen LogP contribution is 2.47. The van der Waals surface area contributed by atoms with E-state index in [0.717, 1.165) is 53.4 Å². The van der Waals surface area contributed by atoms with E-state index >= 15 is 0 Å². The van der Waals surface area contributed by atoms with E-state index in [-0.39, 0.29) is 24.4 Å². The molecule has 2 aromatic carbocycles. The van der Waals surface area contributed by atoms with Crippen LogP contribution in [0.3, 0.4) is 0 Å². The second-order valence-corrected chi connectivity index (χ2v) is 9.47. The van der Waals surface area contributed by atoms with Crippen LogP contribution in [0.5, 0.6) is 11.5 Å². The molecule has 0 bridgehead atoms. The first kappa shape index (κ1) is 21.1. The molecule has 3 aromatic rings. The SMILES string of the molecule is COc1cccc([C@H]2c3[nH]c4ccccc4c3C[C@H]3C(=O)N(C4CCCC4)CC(=O)N23)c1OC. The van der Waals surface area contributed by atoms with Crippen molar-refractivity contribution in [3.63, 3.8) is 0 Å². The minimum atomic E-state index is -0.533. The third-order valence-corrected chi connectivity index (χ3v) is 7.79. The molecule has 6 rings (SSSR count). The third kappa shape index (κ3) is 3.02. The van der Waals surface area contributed by atoms with Gasteiger partial charge >= 0.3 is 0 Å². The van der Waals surface area contributed by atoms with Gasteiger partial charge in [-0.25, -0.2) is 0 Å². The summed E-state index contributed by atoms with van der Waals surface area (Å²) in [6.07, 6.45) is 4.71. The Labute approximate surface area is 198 Å². The third-order valence-electron chi connectivity index (χ3n) is 7.79. The van der Waals surface area contributed by atoms with Gasteiger partial charge < -0.3 is 24.3 Å². The lowest BCUT2D eigenvalue weighted by Crippen LogP contribution is -2.64. The van der Waals surface area contributed by atoms with Crippen LogP contribution in [0.25, 0.3) is 10.9 Å². The second kappa shape index (κ2) is 8.08. The summed E-state index contributed by atoms with van der Waals surface area (Å²) >= 11 is 0. The van der Waals surface area contributed by atoms with Gasteiger partial charge in [-0.05, 0) is 30.5 Å². The van der Waals surface area contributed by atoms with E-state index < -0.39 is 12.1 Å². The van der Waals surface area contributed by atoms with Crippen LogP contribution in [0.15, 0.2) is 42.5 Å². The van der Waals surface area contributed by atoms with Gasteiger partial charge in [0.05, 0.1) is 14.2 Å². The number of fused-ring (bicyclic) bond motifs is 4. The molecule has 3 aliphatic rings. The molecule has 7 heteroatoms. The number of ether oxygens (including phenoxy) is 2. The predicted molar refractivity (Wildman–Crippen MR) is 128 cm³/mol.